The SMILES string of the molecule is O=C(NCCN1CCN(c2ccccc2)CC1)C(=O)Nc1ccccc1Cl. The van der Waals surface area contributed by atoms with Crippen LogP contribution in [0.15, 0.2) is 54.6 Å². The van der Waals surface area contributed by atoms with Crippen LogP contribution in [-0.4, -0.2) is 56.0 Å². The first kappa shape index (κ1) is 19.2. The standard InChI is InChI=1S/C20H23ClN4O2/c21-17-8-4-5-9-18(17)23-20(27)19(26)22-10-11-24-12-14-25(15-13-24)16-6-2-1-3-7-16/h1-9H,10-15H2,(H,22,26)(H,23,27). The maximum Gasteiger partial charge on any atom is 0.313 e. The lowest BCUT2D eigenvalue weighted by molar-refractivity contribution is -0.136. The minimum absolute atomic E-state index is 0.398. The Hall–Kier alpha value is -2.57. The van der Waals surface area contributed by atoms with Crippen molar-refractivity contribution in [3.05, 3.63) is 59.6 Å². The highest BCUT2D eigenvalue weighted by molar-refractivity contribution is 6.41. The molecule has 0 atom stereocenters. The smallest absolute Gasteiger partial charge is 0.313 e. The molecule has 0 spiro atoms. The van der Waals surface area contributed by atoms with E-state index in [1.807, 2.05) is 18.2 Å². The Labute approximate surface area is 164 Å². The summed E-state index contributed by atoms with van der Waals surface area (Å²) in [7, 11) is 0. The number of hydrogen-bond acceptors (Lipinski definition) is 4. The van der Waals surface area contributed by atoms with E-state index in [-0.39, 0.29) is 0 Å². The van der Waals surface area contributed by atoms with Crippen LogP contribution in [0.1, 0.15) is 0 Å². The van der Waals surface area contributed by atoms with Gasteiger partial charge in [-0.1, -0.05) is 41.9 Å². The summed E-state index contributed by atoms with van der Waals surface area (Å²) in [6, 6.07) is 17.2. The van der Waals surface area contributed by atoms with Crippen LogP contribution in [-0.2, 0) is 9.59 Å². The van der Waals surface area contributed by atoms with Crippen LogP contribution in [0.2, 0.25) is 5.02 Å². The average Bonchev–Trinajstić information content (AvgIpc) is 2.71. The van der Waals surface area contributed by atoms with Crippen LogP contribution in [0.4, 0.5) is 11.4 Å². The maximum absolute atomic E-state index is 11.9. The highest BCUT2D eigenvalue weighted by atomic mass is 35.5. The van der Waals surface area contributed by atoms with Gasteiger partial charge in [-0.25, -0.2) is 0 Å². The van der Waals surface area contributed by atoms with E-state index in [9.17, 15) is 9.59 Å². The largest absolute Gasteiger partial charge is 0.369 e. The number of benzene rings is 2. The molecule has 1 aliphatic rings. The van der Waals surface area contributed by atoms with Crippen molar-refractivity contribution < 1.29 is 9.59 Å². The van der Waals surface area contributed by atoms with Crippen molar-refractivity contribution in [2.75, 3.05) is 49.5 Å². The molecular weight excluding hydrogens is 364 g/mol. The first-order valence-corrected chi connectivity index (χ1v) is 9.37. The highest BCUT2D eigenvalue weighted by Gasteiger charge is 2.18. The van der Waals surface area contributed by atoms with E-state index >= 15 is 0 Å². The van der Waals surface area contributed by atoms with Crippen molar-refractivity contribution in [1.82, 2.24) is 10.2 Å². The van der Waals surface area contributed by atoms with Gasteiger partial charge in [0.2, 0.25) is 0 Å². The minimum atomic E-state index is -0.711. The zero-order valence-electron chi connectivity index (χ0n) is 15.0. The third-order valence-electron chi connectivity index (χ3n) is 4.54. The molecule has 2 aromatic carbocycles. The first-order valence-electron chi connectivity index (χ1n) is 8.99. The molecule has 3 rings (SSSR count). The van der Waals surface area contributed by atoms with E-state index in [0.717, 1.165) is 26.2 Å². The van der Waals surface area contributed by atoms with Crippen molar-refractivity contribution >= 4 is 34.8 Å². The number of nitrogens with zero attached hydrogens (tertiary/aromatic N) is 2. The molecule has 27 heavy (non-hydrogen) atoms. The second kappa shape index (κ2) is 9.39. The lowest BCUT2D eigenvalue weighted by Gasteiger charge is -2.36. The van der Waals surface area contributed by atoms with Crippen molar-refractivity contribution in [2.24, 2.45) is 0 Å². The Morgan fingerprint density at radius 2 is 1.56 bits per heavy atom. The summed E-state index contributed by atoms with van der Waals surface area (Å²) in [5, 5.41) is 5.58. The molecule has 2 N–H and O–H groups in total. The number of hydrogen-bond donors (Lipinski definition) is 2. The normalized spacial score (nSPS) is 14.6. The van der Waals surface area contributed by atoms with Crippen LogP contribution < -0.4 is 15.5 Å². The second-order valence-electron chi connectivity index (χ2n) is 6.35. The third-order valence-corrected chi connectivity index (χ3v) is 4.87. The fourth-order valence-corrected chi connectivity index (χ4v) is 3.20. The Kier molecular flexibility index (Phi) is 6.68. The van der Waals surface area contributed by atoms with Gasteiger partial charge in [-0.15, -0.1) is 0 Å². The number of carbonyl (C=O) groups excluding carboxylic acids is 2. The molecule has 0 radical (unpaired) electrons. The summed E-state index contributed by atoms with van der Waals surface area (Å²) in [6.45, 7) is 4.90. The third kappa shape index (κ3) is 5.45. The van der Waals surface area contributed by atoms with E-state index in [4.69, 9.17) is 11.6 Å². The minimum Gasteiger partial charge on any atom is -0.369 e. The van der Waals surface area contributed by atoms with Gasteiger partial charge >= 0.3 is 11.8 Å². The Balaban J connectivity index is 1.37. The number of anilines is 2. The van der Waals surface area contributed by atoms with E-state index in [0.29, 0.717) is 23.8 Å². The zero-order chi connectivity index (χ0) is 19.1. The van der Waals surface area contributed by atoms with Crippen LogP contribution in [0, 0.1) is 0 Å². The van der Waals surface area contributed by atoms with Gasteiger partial charge in [-0.05, 0) is 24.3 Å². The van der Waals surface area contributed by atoms with E-state index < -0.39 is 11.8 Å². The number of piperazine rings is 1. The Bertz CT molecular complexity index is 777. The molecule has 0 aromatic heterocycles. The Morgan fingerprint density at radius 3 is 2.26 bits per heavy atom. The molecule has 7 heteroatoms. The van der Waals surface area contributed by atoms with E-state index in [1.54, 1.807) is 24.3 Å². The maximum atomic E-state index is 11.9. The lowest BCUT2D eigenvalue weighted by Crippen LogP contribution is -2.49. The Morgan fingerprint density at radius 1 is 0.889 bits per heavy atom. The van der Waals surface area contributed by atoms with Gasteiger partial charge in [0.05, 0.1) is 10.7 Å². The summed E-state index contributed by atoms with van der Waals surface area (Å²) >= 11 is 5.98. The molecule has 0 saturated carbocycles. The predicted octanol–water partition coefficient (Wildman–Crippen LogP) is 2.22. The summed E-state index contributed by atoms with van der Waals surface area (Å²) in [6.07, 6.45) is 0. The lowest BCUT2D eigenvalue weighted by atomic mass is 10.2. The van der Waals surface area contributed by atoms with E-state index in [1.165, 1.54) is 5.69 Å². The highest BCUT2D eigenvalue weighted by Crippen LogP contribution is 2.20. The summed E-state index contributed by atoms with van der Waals surface area (Å²) in [5.41, 5.74) is 1.66. The molecule has 0 bridgehead atoms. The quantitative estimate of drug-likeness (QED) is 0.773. The van der Waals surface area contributed by atoms with Gasteiger partial charge in [0.25, 0.3) is 0 Å². The first-order chi connectivity index (χ1) is 13.1. The number of nitrogens with one attached hydrogen (secondary N) is 2. The molecule has 1 aliphatic heterocycles. The molecule has 0 unspecified atom stereocenters. The molecule has 1 fully saturated rings. The van der Waals surface area contributed by atoms with Crippen LogP contribution in [0.5, 0.6) is 0 Å². The van der Waals surface area contributed by atoms with Crippen molar-refractivity contribution in [3.63, 3.8) is 0 Å². The molecule has 2 amide bonds. The van der Waals surface area contributed by atoms with Crippen molar-refractivity contribution in [1.29, 1.82) is 0 Å². The molecule has 6 nitrogen and oxygen atoms in total. The van der Waals surface area contributed by atoms with Gasteiger partial charge in [-0.2, -0.15) is 0 Å². The monoisotopic (exact) mass is 386 g/mol. The van der Waals surface area contributed by atoms with Gasteiger partial charge in [0.1, 0.15) is 0 Å². The molecular formula is C20H23ClN4O2. The van der Waals surface area contributed by atoms with Gasteiger partial charge < -0.3 is 15.5 Å². The molecule has 1 heterocycles. The average molecular weight is 387 g/mol. The van der Waals surface area contributed by atoms with Crippen molar-refractivity contribution in [2.45, 2.75) is 0 Å². The number of carbonyl (C=O) groups is 2. The van der Waals surface area contributed by atoms with Gasteiger partial charge in [0.15, 0.2) is 0 Å². The number of rotatable bonds is 5. The van der Waals surface area contributed by atoms with Crippen LogP contribution in [0.25, 0.3) is 0 Å². The molecule has 2 aromatic rings. The molecule has 1 saturated heterocycles. The predicted molar refractivity (Wildman–Crippen MR) is 108 cm³/mol. The molecule has 0 aliphatic carbocycles. The number of amides is 2. The second-order valence-corrected chi connectivity index (χ2v) is 6.76. The fraction of sp³-hybridized carbons (Fsp3) is 0.300. The number of halogens is 1. The summed E-state index contributed by atoms with van der Waals surface area (Å²) < 4.78 is 0. The summed E-state index contributed by atoms with van der Waals surface area (Å²) in [4.78, 5) is 28.5. The topological polar surface area (TPSA) is 64.7 Å². The molecule has 142 valence electrons. The van der Waals surface area contributed by atoms with Crippen LogP contribution in [0.3, 0.4) is 0 Å². The summed E-state index contributed by atoms with van der Waals surface area (Å²) in [5.74, 6) is -1.37. The number of para-hydroxylation sites is 2. The van der Waals surface area contributed by atoms with E-state index in [2.05, 4.69) is 32.6 Å². The van der Waals surface area contributed by atoms with Crippen LogP contribution >= 0.6 is 11.6 Å². The van der Waals surface area contributed by atoms with Gasteiger partial charge in [-0.3, -0.25) is 14.5 Å². The fourth-order valence-electron chi connectivity index (χ4n) is 3.02. The van der Waals surface area contributed by atoms with Gasteiger partial charge in [0, 0.05) is 45.0 Å². The zero-order valence-corrected chi connectivity index (χ0v) is 15.8. The van der Waals surface area contributed by atoms with Crippen molar-refractivity contribution in [3.8, 4) is 0 Å².